The molecule has 1 atom stereocenters. The van der Waals surface area contributed by atoms with Crippen LogP contribution in [0.3, 0.4) is 0 Å². The molecule has 0 aliphatic rings. The van der Waals surface area contributed by atoms with Crippen LogP contribution in [0.1, 0.15) is 26.5 Å². The van der Waals surface area contributed by atoms with Crippen LogP contribution in [-0.4, -0.2) is 32.7 Å². The lowest BCUT2D eigenvalue weighted by atomic mass is 9.89. The highest BCUT2D eigenvalue weighted by atomic mass is 16.3. The maximum atomic E-state index is 10.1. The Hall–Kier alpha value is -2.01. The summed E-state index contributed by atoms with van der Waals surface area (Å²) in [6, 6.07) is 7.51. The van der Waals surface area contributed by atoms with Gasteiger partial charge in [0.25, 0.3) is 0 Å². The van der Waals surface area contributed by atoms with Crippen LogP contribution in [0.4, 0.5) is 5.82 Å². The van der Waals surface area contributed by atoms with E-state index in [1.54, 1.807) is 6.20 Å². The lowest BCUT2D eigenvalue weighted by Gasteiger charge is -2.26. The number of aryl methyl sites for hydroxylation is 1. The first-order chi connectivity index (χ1) is 9.86. The van der Waals surface area contributed by atoms with Crippen molar-refractivity contribution in [3.05, 3.63) is 36.2 Å². The molecule has 0 radical (unpaired) electrons. The summed E-state index contributed by atoms with van der Waals surface area (Å²) in [5, 5.41) is 13.3. The van der Waals surface area contributed by atoms with Gasteiger partial charge in [-0.3, -0.25) is 4.98 Å². The predicted octanol–water partition coefficient (Wildman–Crippen LogP) is 2.67. The van der Waals surface area contributed by atoms with Crippen molar-refractivity contribution in [2.75, 3.05) is 11.9 Å². The van der Waals surface area contributed by atoms with Crippen molar-refractivity contribution in [3.63, 3.8) is 0 Å². The van der Waals surface area contributed by atoms with E-state index in [0.29, 0.717) is 18.2 Å². The third-order valence-corrected chi connectivity index (χ3v) is 3.22. The molecule has 21 heavy (non-hydrogen) atoms. The lowest BCUT2D eigenvalue weighted by Crippen LogP contribution is -2.33. The number of aliphatic hydroxyl groups excluding tert-OH is 1. The van der Waals surface area contributed by atoms with Crippen molar-refractivity contribution in [2.24, 2.45) is 5.41 Å². The number of aromatic nitrogens is 3. The van der Waals surface area contributed by atoms with E-state index in [2.05, 4.69) is 20.3 Å². The minimum atomic E-state index is -0.453. The van der Waals surface area contributed by atoms with E-state index < -0.39 is 6.10 Å². The third-order valence-electron chi connectivity index (χ3n) is 3.22. The monoisotopic (exact) mass is 286 g/mol. The van der Waals surface area contributed by atoms with Crippen molar-refractivity contribution in [1.29, 1.82) is 0 Å². The molecule has 2 rings (SSSR count). The molecule has 5 nitrogen and oxygen atoms in total. The maximum Gasteiger partial charge on any atom is 0.180 e. The highest BCUT2D eigenvalue weighted by Gasteiger charge is 2.21. The molecule has 0 aliphatic heterocycles. The Labute approximate surface area is 125 Å². The first-order valence-corrected chi connectivity index (χ1v) is 7.05. The average molecular weight is 286 g/mol. The molecule has 2 heterocycles. The Morgan fingerprint density at radius 1 is 1.24 bits per heavy atom. The van der Waals surface area contributed by atoms with Gasteiger partial charge in [-0.2, -0.15) is 0 Å². The van der Waals surface area contributed by atoms with Crippen LogP contribution in [0.2, 0.25) is 0 Å². The zero-order valence-corrected chi connectivity index (χ0v) is 13.0. The van der Waals surface area contributed by atoms with Gasteiger partial charge in [-0.15, -0.1) is 0 Å². The smallest absolute Gasteiger partial charge is 0.180 e. The molecule has 112 valence electrons. The summed E-state index contributed by atoms with van der Waals surface area (Å²) >= 11 is 0. The van der Waals surface area contributed by atoms with Crippen molar-refractivity contribution in [3.8, 4) is 11.5 Å². The quantitative estimate of drug-likeness (QED) is 0.904. The third kappa shape index (κ3) is 4.23. The maximum absolute atomic E-state index is 10.1. The minimum absolute atomic E-state index is 0.168. The minimum Gasteiger partial charge on any atom is -0.391 e. The zero-order valence-electron chi connectivity index (χ0n) is 13.0. The molecule has 2 N–H and O–H groups in total. The van der Waals surface area contributed by atoms with Crippen LogP contribution in [0.5, 0.6) is 0 Å². The molecule has 1 unspecified atom stereocenters. The van der Waals surface area contributed by atoms with Gasteiger partial charge in [-0.1, -0.05) is 26.8 Å². The second kappa shape index (κ2) is 6.18. The van der Waals surface area contributed by atoms with Gasteiger partial charge in [0.15, 0.2) is 5.82 Å². The molecule has 0 aromatic carbocycles. The second-order valence-corrected chi connectivity index (χ2v) is 6.20. The molecule has 0 bridgehead atoms. The van der Waals surface area contributed by atoms with E-state index in [-0.39, 0.29) is 5.41 Å². The Bertz CT molecular complexity index is 593. The summed E-state index contributed by atoms with van der Waals surface area (Å²) in [6.07, 6.45) is 1.27. The fraction of sp³-hybridized carbons (Fsp3) is 0.438. The van der Waals surface area contributed by atoms with Crippen LogP contribution >= 0.6 is 0 Å². The first-order valence-electron chi connectivity index (χ1n) is 7.05. The summed E-state index contributed by atoms with van der Waals surface area (Å²) in [5.41, 5.74) is 1.43. The average Bonchev–Trinajstić information content (AvgIpc) is 2.44. The van der Waals surface area contributed by atoms with Crippen LogP contribution < -0.4 is 5.32 Å². The van der Waals surface area contributed by atoms with Gasteiger partial charge in [0.1, 0.15) is 11.5 Å². The van der Waals surface area contributed by atoms with Gasteiger partial charge in [-0.25, -0.2) is 9.97 Å². The number of hydrogen-bond acceptors (Lipinski definition) is 5. The van der Waals surface area contributed by atoms with E-state index in [9.17, 15) is 5.11 Å². The molecule has 5 heteroatoms. The number of hydrogen-bond donors (Lipinski definition) is 2. The molecule has 0 spiro atoms. The fourth-order valence-corrected chi connectivity index (χ4v) is 1.78. The van der Waals surface area contributed by atoms with E-state index in [1.807, 2.05) is 52.0 Å². The van der Waals surface area contributed by atoms with Crippen LogP contribution in [0, 0.1) is 12.3 Å². The normalized spacial score (nSPS) is 13.0. The predicted molar refractivity (Wildman–Crippen MR) is 84.0 cm³/mol. The number of pyridine rings is 1. The molecule has 0 aliphatic carbocycles. The first kappa shape index (κ1) is 15.4. The van der Waals surface area contributed by atoms with Gasteiger partial charge in [0.2, 0.25) is 0 Å². The van der Waals surface area contributed by atoms with Gasteiger partial charge in [0.05, 0.1) is 6.10 Å². The van der Waals surface area contributed by atoms with Crippen molar-refractivity contribution in [2.45, 2.75) is 33.8 Å². The van der Waals surface area contributed by atoms with Crippen molar-refractivity contribution < 1.29 is 5.11 Å². The largest absolute Gasteiger partial charge is 0.391 e. The summed E-state index contributed by atoms with van der Waals surface area (Å²) in [5.74, 6) is 1.29. The molecular formula is C16H22N4O. The lowest BCUT2D eigenvalue weighted by molar-refractivity contribution is 0.0745. The van der Waals surface area contributed by atoms with E-state index in [1.165, 1.54) is 0 Å². The zero-order chi connectivity index (χ0) is 15.5. The molecule has 2 aromatic rings. The van der Waals surface area contributed by atoms with E-state index in [4.69, 9.17) is 0 Å². The van der Waals surface area contributed by atoms with Crippen LogP contribution in [0.25, 0.3) is 11.5 Å². The Morgan fingerprint density at radius 3 is 2.62 bits per heavy atom. The SMILES string of the molecule is Cc1cc(NCC(O)C(C)(C)C)nc(-c2ccccn2)n1. The molecular weight excluding hydrogens is 264 g/mol. The number of rotatable bonds is 4. The molecule has 0 amide bonds. The standard InChI is InChI=1S/C16H22N4O/c1-11-9-14(18-10-13(21)16(2,3)4)20-15(19-11)12-7-5-6-8-17-12/h5-9,13,21H,10H2,1-4H3,(H,18,19,20). The highest BCUT2D eigenvalue weighted by Crippen LogP contribution is 2.20. The van der Waals surface area contributed by atoms with Crippen molar-refractivity contribution in [1.82, 2.24) is 15.0 Å². The van der Waals surface area contributed by atoms with Crippen molar-refractivity contribution >= 4 is 5.82 Å². The van der Waals surface area contributed by atoms with Gasteiger partial charge < -0.3 is 10.4 Å². The summed E-state index contributed by atoms with van der Waals surface area (Å²) in [7, 11) is 0. The summed E-state index contributed by atoms with van der Waals surface area (Å²) in [4.78, 5) is 13.1. The highest BCUT2D eigenvalue weighted by molar-refractivity contribution is 5.52. The Morgan fingerprint density at radius 2 is 2.00 bits per heavy atom. The van der Waals surface area contributed by atoms with Crippen LogP contribution in [0.15, 0.2) is 30.5 Å². The summed E-state index contributed by atoms with van der Waals surface area (Å²) in [6.45, 7) is 8.37. The molecule has 2 aromatic heterocycles. The summed E-state index contributed by atoms with van der Waals surface area (Å²) < 4.78 is 0. The molecule has 0 saturated carbocycles. The number of nitrogens with one attached hydrogen (secondary N) is 1. The van der Waals surface area contributed by atoms with E-state index >= 15 is 0 Å². The second-order valence-electron chi connectivity index (χ2n) is 6.20. The number of anilines is 1. The number of nitrogens with zero attached hydrogens (tertiary/aromatic N) is 3. The number of aliphatic hydroxyl groups is 1. The Kier molecular flexibility index (Phi) is 4.53. The molecule has 0 fully saturated rings. The fourth-order valence-electron chi connectivity index (χ4n) is 1.78. The Balaban J connectivity index is 2.17. The van der Waals surface area contributed by atoms with Gasteiger partial charge in [0, 0.05) is 24.5 Å². The van der Waals surface area contributed by atoms with Crippen LogP contribution in [-0.2, 0) is 0 Å². The van der Waals surface area contributed by atoms with Gasteiger partial charge >= 0.3 is 0 Å². The topological polar surface area (TPSA) is 70.9 Å². The molecule has 0 saturated heterocycles. The van der Waals surface area contributed by atoms with E-state index in [0.717, 1.165) is 11.4 Å². The van der Waals surface area contributed by atoms with Gasteiger partial charge in [-0.05, 0) is 24.5 Å².